The van der Waals surface area contributed by atoms with Gasteiger partial charge in [-0.3, -0.25) is 9.52 Å². The van der Waals surface area contributed by atoms with Gasteiger partial charge in [0.1, 0.15) is 0 Å². The molecule has 2 fully saturated rings. The van der Waals surface area contributed by atoms with Gasteiger partial charge in [-0.2, -0.15) is 0 Å². The summed E-state index contributed by atoms with van der Waals surface area (Å²) in [5, 5.41) is 0. The van der Waals surface area contributed by atoms with Crippen LogP contribution in [0.3, 0.4) is 0 Å². The second-order valence-corrected chi connectivity index (χ2v) is 11.8. The van der Waals surface area contributed by atoms with E-state index in [4.69, 9.17) is 0 Å². The minimum Gasteiger partial charge on any atom is -0.338 e. The molecule has 0 aliphatic carbocycles. The van der Waals surface area contributed by atoms with Crippen LogP contribution in [0.4, 0.5) is 5.69 Å². The summed E-state index contributed by atoms with van der Waals surface area (Å²) in [7, 11) is -3.73. The fraction of sp³-hybridized carbons (Fsp3) is 0.519. The van der Waals surface area contributed by atoms with Crippen molar-refractivity contribution < 1.29 is 13.2 Å². The number of likely N-dealkylation sites (tertiary alicyclic amines) is 2. The van der Waals surface area contributed by atoms with E-state index in [1.54, 1.807) is 18.2 Å². The molecule has 2 aliphatic heterocycles. The Balaban J connectivity index is 1.39. The first-order chi connectivity index (χ1) is 16.2. The van der Waals surface area contributed by atoms with E-state index in [1.165, 1.54) is 25.0 Å². The first-order valence-electron chi connectivity index (χ1n) is 12.4. The van der Waals surface area contributed by atoms with Gasteiger partial charge in [-0.15, -0.1) is 0 Å². The maximum atomic E-state index is 13.2. The number of hydrogen-bond donors (Lipinski definition) is 1. The Labute approximate surface area is 204 Å². The number of nitrogens with zero attached hydrogens (tertiary/aromatic N) is 2. The maximum Gasteiger partial charge on any atom is 0.261 e. The topological polar surface area (TPSA) is 69.7 Å². The Morgan fingerprint density at radius 2 is 1.71 bits per heavy atom. The molecule has 1 atom stereocenters. The minimum absolute atomic E-state index is 0.0107. The number of anilines is 1. The molecule has 0 radical (unpaired) electrons. The number of hydrogen-bond acceptors (Lipinski definition) is 4. The zero-order chi connectivity index (χ0) is 24.3. The van der Waals surface area contributed by atoms with Crippen LogP contribution in [0.1, 0.15) is 54.1 Å². The number of sulfonamides is 1. The molecule has 2 heterocycles. The Morgan fingerprint density at radius 3 is 2.41 bits per heavy atom. The summed E-state index contributed by atoms with van der Waals surface area (Å²) in [5.74, 6) is 1.32. The highest BCUT2D eigenvalue weighted by Crippen LogP contribution is 2.25. The number of nitrogens with one attached hydrogen (secondary N) is 1. The predicted octanol–water partition coefficient (Wildman–Crippen LogP) is 4.69. The van der Waals surface area contributed by atoms with E-state index in [0.29, 0.717) is 17.2 Å². The molecule has 2 aromatic rings. The van der Waals surface area contributed by atoms with Crippen LogP contribution < -0.4 is 4.72 Å². The highest BCUT2D eigenvalue weighted by Gasteiger charge is 2.27. The van der Waals surface area contributed by atoms with Gasteiger partial charge in [0.05, 0.1) is 10.6 Å². The number of amides is 1. The molecule has 1 unspecified atom stereocenters. The Kier molecular flexibility index (Phi) is 7.63. The summed E-state index contributed by atoms with van der Waals surface area (Å²) >= 11 is 0. The monoisotopic (exact) mass is 483 g/mol. The molecule has 0 bridgehead atoms. The van der Waals surface area contributed by atoms with Gasteiger partial charge < -0.3 is 9.80 Å². The molecule has 0 aromatic heterocycles. The van der Waals surface area contributed by atoms with Crippen molar-refractivity contribution in [3.8, 4) is 0 Å². The second kappa shape index (κ2) is 10.5. The van der Waals surface area contributed by atoms with Crippen LogP contribution in [0, 0.1) is 25.7 Å². The standard InChI is InChI=1S/C27H37N3O3S/c1-20-13-16-29(17-14-20)18-23-7-5-15-30(19-23)27(31)24-9-11-25(12-10-24)34(32,33)28-26-8-4-6-21(2)22(26)3/h4,6,8-12,20,23,28H,5,7,13-19H2,1-3H3. The van der Waals surface area contributed by atoms with Gasteiger partial charge in [0, 0.05) is 25.2 Å². The van der Waals surface area contributed by atoms with E-state index in [-0.39, 0.29) is 10.8 Å². The van der Waals surface area contributed by atoms with Crippen molar-refractivity contribution in [2.24, 2.45) is 11.8 Å². The maximum absolute atomic E-state index is 13.2. The SMILES string of the molecule is Cc1cccc(NS(=O)(=O)c2ccc(C(=O)N3CCCC(CN4CCC(C)CC4)C3)cc2)c1C. The van der Waals surface area contributed by atoms with Gasteiger partial charge in [0.15, 0.2) is 0 Å². The Morgan fingerprint density at radius 1 is 1.00 bits per heavy atom. The summed E-state index contributed by atoms with van der Waals surface area (Å²) < 4.78 is 28.5. The quantitative estimate of drug-likeness (QED) is 0.647. The number of benzene rings is 2. The second-order valence-electron chi connectivity index (χ2n) is 10.1. The molecule has 0 saturated carbocycles. The van der Waals surface area contributed by atoms with Crippen molar-refractivity contribution in [1.82, 2.24) is 9.80 Å². The highest BCUT2D eigenvalue weighted by atomic mass is 32.2. The van der Waals surface area contributed by atoms with Gasteiger partial charge in [-0.1, -0.05) is 19.1 Å². The van der Waals surface area contributed by atoms with Gasteiger partial charge in [-0.25, -0.2) is 8.42 Å². The first kappa shape index (κ1) is 24.7. The zero-order valence-corrected chi connectivity index (χ0v) is 21.4. The van der Waals surface area contributed by atoms with Gasteiger partial charge >= 0.3 is 0 Å². The van der Waals surface area contributed by atoms with E-state index in [2.05, 4.69) is 16.5 Å². The smallest absolute Gasteiger partial charge is 0.261 e. The molecule has 6 nitrogen and oxygen atoms in total. The number of aryl methyl sites for hydroxylation is 1. The van der Waals surface area contributed by atoms with Crippen LogP contribution in [-0.4, -0.2) is 56.8 Å². The molecule has 7 heteroatoms. The van der Waals surface area contributed by atoms with Crippen molar-refractivity contribution >= 4 is 21.6 Å². The zero-order valence-electron chi connectivity index (χ0n) is 20.6. The van der Waals surface area contributed by atoms with E-state index >= 15 is 0 Å². The number of piperidine rings is 2. The third-order valence-corrected chi connectivity index (χ3v) is 8.84. The van der Waals surface area contributed by atoms with Crippen molar-refractivity contribution in [3.63, 3.8) is 0 Å². The van der Waals surface area contributed by atoms with E-state index in [9.17, 15) is 13.2 Å². The van der Waals surface area contributed by atoms with Crippen molar-refractivity contribution in [1.29, 1.82) is 0 Å². The molecule has 1 N–H and O–H groups in total. The third-order valence-electron chi connectivity index (χ3n) is 7.46. The molecular weight excluding hydrogens is 446 g/mol. The summed E-state index contributed by atoms with van der Waals surface area (Å²) in [4.78, 5) is 17.8. The molecule has 2 aromatic carbocycles. The third kappa shape index (κ3) is 5.81. The van der Waals surface area contributed by atoms with Crippen LogP contribution in [0.15, 0.2) is 47.4 Å². The van der Waals surface area contributed by atoms with Gasteiger partial charge in [0.25, 0.3) is 15.9 Å². The molecule has 34 heavy (non-hydrogen) atoms. The fourth-order valence-electron chi connectivity index (χ4n) is 5.03. The normalized spacial score (nSPS) is 20.3. The summed E-state index contributed by atoms with van der Waals surface area (Å²) in [6.07, 6.45) is 4.72. The average molecular weight is 484 g/mol. The van der Waals surface area contributed by atoms with Crippen LogP contribution in [0.2, 0.25) is 0 Å². The lowest BCUT2D eigenvalue weighted by Gasteiger charge is -2.38. The van der Waals surface area contributed by atoms with E-state index in [0.717, 1.165) is 62.6 Å². The Hall–Kier alpha value is -2.38. The number of carbonyl (C=O) groups excluding carboxylic acids is 1. The minimum atomic E-state index is -3.73. The van der Waals surface area contributed by atoms with Crippen molar-refractivity contribution in [3.05, 3.63) is 59.2 Å². The largest absolute Gasteiger partial charge is 0.338 e. The molecule has 184 valence electrons. The molecule has 2 saturated heterocycles. The molecular formula is C27H37N3O3S. The number of rotatable bonds is 6. The number of carbonyl (C=O) groups is 1. The summed E-state index contributed by atoms with van der Waals surface area (Å²) in [6, 6.07) is 11.9. The van der Waals surface area contributed by atoms with Crippen LogP contribution in [-0.2, 0) is 10.0 Å². The molecule has 4 rings (SSSR count). The molecule has 1 amide bonds. The molecule has 2 aliphatic rings. The van der Waals surface area contributed by atoms with Gasteiger partial charge in [0.2, 0.25) is 0 Å². The van der Waals surface area contributed by atoms with E-state index in [1.807, 2.05) is 30.9 Å². The first-order valence-corrected chi connectivity index (χ1v) is 13.9. The lowest BCUT2D eigenvalue weighted by Crippen LogP contribution is -2.45. The van der Waals surface area contributed by atoms with Crippen molar-refractivity contribution in [2.75, 3.05) is 37.4 Å². The fourth-order valence-corrected chi connectivity index (χ4v) is 6.16. The van der Waals surface area contributed by atoms with E-state index < -0.39 is 10.0 Å². The van der Waals surface area contributed by atoms with Crippen LogP contribution in [0.5, 0.6) is 0 Å². The summed E-state index contributed by atoms with van der Waals surface area (Å²) in [6.45, 7) is 11.1. The highest BCUT2D eigenvalue weighted by molar-refractivity contribution is 7.92. The van der Waals surface area contributed by atoms with Crippen molar-refractivity contribution in [2.45, 2.75) is 51.3 Å². The predicted molar refractivity (Wildman–Crippen MR) is 137 cm³/mol. The summed E-state index contributed by atoms with van der Waals surface area (Å²) in [5.41, 5.74) is 3.04. The average Bonchev–Trinajstić information content (AvgIpc) is 2.83. The van der Waals surface area contributed by atoms with Crippen LogP contribution in [0.25, 0.3) is 0 Å². The lowest BCUT2D eigenvalue weighted by molar-refractivity contribution is 0.0622. The van der Waals surface area contributed by atoms with Gasteiger partial charge in [-0.05, 0) is 106 Å². The Bertz CT molecular complexity index is 1110. The lowest BCUT2D eigenvalue weighted by atomic mass is 9.94. The van der Waals surface area contributed by atoms with Crippen LogP contribution >= 0.6 is 0 Å². The molecule has 0 spiro atoms.